The van der Waals surface area contributed by atoms with Crippen LogP contribution in [-0.2, 0) is 4.74 Å². The van der Waals surface area contributed by atoms with Crippen LogP contribution in [0.1, 0.15) is 77.9 Å². The van der Waals surface area contributed by atoms with E-state index < -0.39 is 11.5 Å². The molecule has 1 amide bonds. The molecule has 3 rings (SSSR count). The van der Waals surface area contributed by atoms with E-state index >= 15 is 0 Å². The minimum absolute atomic E-state index is 0.244. The van der Waals surface area contributed by atoms with Crippen molar-refractivity contribution in [3.8, 4) is 0 Å². The number of carbonyl (C=O) groups excluding carboxylic acids is 1. The number of rotatable bonds is 7. The summed E-state index contributed by atoms with van der Waals surface area (Å²) in [6.45, 7) is 22.6. The quantitative estimate of drug-likeness (QED) is 0.253. The summed E-state index contributed by atoms with van der Waals surface area (Å²) in [5.41, 5.74) is 8.62. The highest BCUT2D eigenvalue weighted by molar-refractivity contribution is 5.91. The standard InChI is InChI=1S/C23H34N6O2.C7H10.C2H6/c1-16-8-10-19(11-9-16)14-29(7)21-13-17(2)12-20(27-25-15-24-21)22(30)28-26-18(3)31-23(4,5)6;1-6-4-3-5-7(6)2;1-2/h8,10-13,15-16,26-27H,3,9,14H2,1-2,4-7H3,(H,28,30);3-6H,1-2H3;1-2H3. The van der Waals surface area contributed by atoms with E-state index in [1.807, 2.05) is 54.7 Å². The summed E-state index contributed by atoms with van der Waals surface area (Å²) in [4.78, 5) is 19.0. The second kappa shape index (κ2) is 17.0. The van der Waals surface area contributed by atoms with Crippen molar-refractivity contribution in [1.29, 1.82) is 0 Å². The zero-order chi connectivity index (χ0) is 30.3. The van der Waals surface area contributed by atoms with Gasteiger partial charge in [-0.2, -0.15) is 5.10 Å². The van der Waals surface area contributed by atoms with Crippen molar-refractivity contribution in [2.24, 2.45) is 11.8 Å². The molecule has 8 nitrogen and oxygen atoms in total. The predicted octanol–water partition coefficient (Wildman–Crippen LogP) is 6.88. The summed E-state index contributed by atoms with van der Waals surface area (Å²) >= 11 is 0. The number of hydrogen-bond donors (Lipinski definition) is 3. The first-order chi connectivity index (χ1) is 18.8. The molecule has 2 atom stereocenters. The number of nitrogens with one attached hydrogen (secondary N) is 3. The Labute approximate surface area is 241 Å². The molecule has 40 heavy (non-hydrogen) atoms. The molecule has 0 radical (unpaired) electrons. The van der Waals surface area contributed by atoms with Gasteiger partial charge >= 0.3 is 0 Å². The van der Waals surface area contributed by atoms with Crippen LogP contribution in [-0.4, -0.2) is 40.3 Å². The second-order valence-electron chi connectivity index (χ2n) is 10.8. The zero-order valence-corrected chi connectivity index (χ0v) is 26.1. The zero-order valence-electron chi connectivity index (χ0n) is 26.1. The number of likely N-dealkylation sites (N-methyl/N-ethyl adjacent to an activating group) is 1. The molecular weight excluding hydrogens is 500 g/mol. The van der Waals surface area contributed by atoms with E-state index in [-0.39, 0.29) is 11.6 Å². The average Bonchev–Trinajstić information content (AvgIpc) is 3.31. The average molecular weight is 551 g/mol. The van der Waals surface area contributed by atoms with Crippen molar-refractivity contribution in [3.63, 3.8) is 0 Å². The summed E-state index contributed by atoms with van der Waals surface area (Å²) in [6, 6.07) is 3.62. The number of aromatic amines is 1. The highest BCUT2D eigenvalue weighted by Crippen LogP contribution is 2.18. The molecule has 0 aromatic carbocycles. The molecule has 2 unspecified atom stereocenters. The van der Waals surface area contributed by atoms with Crippen LogP contribution < -0.4 is 15.8 Å². The Morgan fingerprint density at radius 3 is 2.40 bits per heavy atom. The van der Waals surface area contributed by atoms with Crippen molar-refractivity contribution in [2.75, 3.05) is 18.5 Å². The topological polar surface area (TPSA) is 95.2 Å². The van der Waals surface area contributed by atoms with Crippen LogP contribution in [0, 0.1) is 18.8 Å². The first-order valence-corrected chi connectivity index (χ1v) is 14.0. The highest BCUT2D eigenvalue weighted by atomic mass is 16.5. The normalized spacial score (nSPS) is 17.1. The largest absolute Gasteiger partial charge is 0.473 e. The van der Waals surface area contributed by atoms with Gasteiger partial charge in [0.1, 0.15) is 23.4 Å². The lowest BCUT2D eigenvalue weighted by Gasteiger charge is -2.23. The summed E-state index contributed by atoms with van der Waals surface area (Å²) < 4.78 is 5.54. The van der Waals surface area contributed by atoms with Crippen LogP contribution in [0.2, 0.25) is 0 Å². The molecule has 2 aliphatic rings. The molecule has 0 saturated heterocycles. The molecule has 3 N–H and O–H groups in total. The fourth-order valence-corrected chi connectivity index (χ4v) is 3.56. The Morgan fingerprint density at radius 2 is 1.88 bits per heavy atom. The van der Waals surface area contributed by atoms with E-state index in [9.17, 15) is 4.79 Å². The van der Waals surface area contributed by atoms with E-state index in [4.69, 9.17) is 4.74 Å². The van der Waals surface area contributed by atoms with Crippen LogP contribution in [0.25, 0.3) is 0 Å². The number of H-pyrrole nitrogens is 1. The van der Waals surface area contributed by atoms with Crippen LogP contribution >= 0.6 is 0 Å². The maximum atomic E-state index is 12.5. The van der Waals surface area contributed by atoms with Gasteiger partial charge < -0.3 is 9.64 Å². The van der Waals surface area contributed by atoms with Crippen molar-refractivity contribution in [1.82, 2.24) is 26.0 Å². The SMILES string of the molecule is C=C(NNC(=O)c1cc(C)cc(N(C)CC2=CCC(C)C=C2)ncn[nH]1)OC(C)(C)C.CC.CC1=CC=CC1C. The molecule has 0 saturated carbocycles. The van der Waals surface area contributed by atoms with Crippen LogP contribution in [0.3, 0.4) is 0 Å². The van der Waals surface area contributed by atoms with Crippen molar-refractivity contribution in [2.45, 2.75) is 74.3 Å². The number of carbonyl (C=O) groups is 1. The van der Waals surface area contributed by atoms with E-state index in [0.717, 1.165) is 24.3 Å². The summed E-state index contributed by atoms with van der Waals surface area (Å²) in [5, 5.41) is 6.77. The van der Waals surface area contributed by atoms with Gasteiger partial charge in [-0.05, 0) is 82.7 Å². The Kier molecular flexibility index (Phi) is 14.5. The van der Waals surface area contributed by atoms with Gasteiger partial charge in [-0.25, -0.2) is 4.98 Å². The molecule has 0 aliphatic heterocycles. The summed E-state index contributed by atoms with van der Waals surface area (Å²) in [7, 11) is 1.98. The van der Waals surface area contributed by atoms with E-state index in [1.54, 1.807) is 6.07 Å². The third-order valence-electron chi connectivity index (χ3n) is 5.83. The second-order valence-corrected chi connectivity index (χ2v) is 10.8. The summed E-state index contributed by atoms with van der Waals surface area (Å²) in [6.07, 6.45) is 15.6. The number of aryl methyl sites for hydroxylation is 1. The van der Waals surface area contributed by atoms with Crippen molar-refractivity contribution < 1.29 is 9.53 Å². The van der Waals surface area contributed by atoms with Gasteiger partial charge in [0, 0.05) is 13.6 Å². The monoisotopic (exact) mass is 550 g/mol. The van der Waals surface area contributed by atoms with Crippen LogP contribution in [0.5, 0.6) is 0 Å². The number of ether oxygens (including phenoxy) is 1. The minimum Gasteiger partial charge on any atom is -0.473 e. The molecule has 1 aromatic heterocycles. The number of hydrazine groups is 1. The van der Waals surface area contributed by atoms with Crippen LogP contribution in [0.4, 0.5) is 5.82 Å². The number of nitrogens with zero attached hydrogens (tertiary/aromatic N) is 3. The smallest absolute Gasteiger partial charge is 0.287 e. The molecule has 0 fully saturated rings. The van der Waals surface area contributed by atoms with Crippen LogP contribution in [0.15, 0.2) is 78.5 Å². The van der Waals surface area contributed by atoms with E-state index in [0.29, 0.717) is 11.8 Å². The number of hydrogen-bond acceptors (Lipinski definition) is 6. The Morgan fingerprint density at radius 1 is 1.18 bits per heavy atom. The minimum atomic E-state index is -0.421. The molecule has 1 heterocycles. The van der Waals surface area contributed by atoms with Gasteiger partial charge in [0.05, 0.1) is 0 Å². The molecule has 8 heteroatoms. The van der Waals surface area contributed by atoms with Crippen molar-refractivity contribution >= 4 is 11.7 Å². The maximum absolute atomic E-state index is 12.5. The third-order valence-corrected chi connectivity index (χ3v) is 5.83. The van der Waals surface area contributed by atoms with Gasteiger partial charge in [0.25, 0.3) is 5.91 Å². The molecular formula is C32H50N6O2. The molecule has 2 aliphatic carbocycles. The Bertz CT molecular complexity index is 1150. The number of aromatic nitrogens is 3. The van der Waals surface area contributed by atoms with E-state index in [2.05, 4.69) is 94.7 Å². The van der Waals surface area contributed by atoms with Gasteiger partial charge in [0.15, 0.2) is 5.88 Å². The highest BCUT2D eigenvalue weighted by Gasteiger charge is 2.13. The van der Waals surface area contributed by atoms with Gasteiger partial charge in [-0.3, -0.25) is 20.7 Å². The number of allylic oxidation sites excluding steroid dienone is 6. The lowest BCUT2D eigenvalue weighted by atomic mass is 9.98. The van der Waals surface area contributed by atoms with E-state index in [1.165, 1.54) is 17.5 Å². The molecule has 0 bridgehead atoms. The number of amides is 1. The Balaban J connectivity index is 0.000000759. The van der Waals surface area contributed by atoms with Gasteiger partial charge in [-0.1, -0.05) is 69.7 Å². The lowest BCUT2D eigenvalue weighted by molar-refractivity contribution is 0.0365. The van der Waals surface area contributed by atoms with Gasteiger partial charge in [0.2, 0.25) is 0 Å². The fourth-order valence-electron chi connectivity index (χ4n) is 3.56. The number of anilines is 1. The van der Waals surface area contributed by atoms with Crippen molar-refractivity contribution in [3.05, 3.63) is 89.8 Å². The first-order valence-electron chi connectivity index (χ1n) is 14.0. The summed E-state index contributed by atoms with van der Waals surface area (Å²) in [5.74, 6) is 1.86. The first kappa shape index (κ1) is 34.2. The third kappa shape index (κ3) is 13.3. The Hall–Kier alpha value is -3.81. The molecule has 0 spiro atoms. The van der Waals surface area contributed by atoms with Gasteiger partial charge in [-0.15, -0.1) is 0 Å². The predicted molar refractivity (Wildman–Crippen MR) is 167 cm³/mol. The molecule has 1 aromatic rings. The maximum Gasteiger partial charge on any atom is 0.287 e. The molecule has 220 valence electrons. The lowest BCUT2D eigenvalue weighted by Crippen LogP contribution is -2.39. The fraction of sp³-hybridized carbons (Fsp3) is 0.469.